The van der Waals surface area contributed by atoms with Crippen LogP contribution in [0.15, 0.2) is 0 Å². The number of hydrogen-bond donors (Lipinski definition) is 3. The number of nitrogens with zero attached hydrogens (tertiary/aromatic N) is 1. The Morgan fingerprint density at radius 2 is 1.95 bits per heavy atom. The van der Waals surface area contributed by atoms with Crippen molar-refractivity contribution in [2.45, 2.75) is 62.9 Å². The van der Waals surface area contributed by atoms with Crippen LogP contribution < -0.4 is 16.4 Å². The molecule has 120 valence electrons. The number of nitriles is 1. The molecule has 21 heavy (non-hydrogen) atoms. The van der Waals surface area contributed by atoms with E-state index < -0.39 is 11.6 Å². The summed E-state index contributed by atoms with van der Waals surface area (Å²) in [6.07, 6.45) is 8.27. The predicted octanol–water partition coefficient (Wildman–Crippen LogP) is 1.47. The lowest BCUT2D eigenvalue weighted by molar-refractivity contribution is -0.124. The normalized spacial score (nSPS) is 23.4. The predicted molar refractivity (Wildman–Crippen MR) is 85.0 cm³/mol. The molecule has 2 rings (SSSR count). The van der Waals surface area contributed by atoms with Gasteiger partial charge in [-0.05, 0) is 38.3 Å². The first-order valence-corrected chi connectivity index (χ1v) is 7.85. The Labute approximate surface area is 133 Å². The summed E-state index contributed by atoms with van der Waals surface area (Å²) in [6.45, 7) is 1.54. The molecule has 5 nitrogen and oxygen atoms in total. The van der Waals surface area contributed by atoms with Crippen LogP contribution in [0.25, 0.3) is 0 Å². The molecule has 6 heteroatoms. The van der Waals surface area contributed by atoms with Crippen molar-refractivity contribution < 1.29 is 4.79 Å². The number of carbonyl (C=O) groups excluding carboxylic acids is 1. The van der Waals surface area contributed by atoms with Crippen LogP contribution in [0.1, 0.15) is 51.4 Å². The molecule has 0 aromatic carbocycles. The average Bonchev–Trinajstić information content (AvgIpc) is 2.49. The van der Waals surface area contributed by atoms with Gasteiger partial charge in [0.1, 0.15) is 5.54 Å². The number of piperidine rings is 1. The summed E-state index contributed by atoms with van der Waals surface area (Å²) in [5.74, 6) is 0.426. The molecule has 1 aliphatic carbocycles. The number of hydrogen-bond acceptors (Lipinski definition) is 4. The van der Waals surface area contributed by atoms with Crippen LogP contribution in [-0.2, 0) is 4.79 Å². The van der Waals surface area contributed by atoms with Crippen molar-refractivity contribution in [3.8, 4) is 6.07 Å². The zero-order valence-electron chi connectivity index (χ0n) is 12.6. The number of nitrogens with two attached hydrogens (primary N) is 1. The topological polar surface area (TPSA) is 90.9 Å². The zero-order valence-corrected chi connectivity index (χ0v) is 13.4. The van der Waals surface area contributed by atoms with Crippen LogP contribution in [0.2, 0.25) is 0 Å². The van der Waals surface area contributed by atoms with Gasteiger partial charge in [0.05, 0.1) is 12.1 Å². The van der Waals surface area contributed by atoms with Gasteiger partial charge in [-0.15, -0.1) is 12.4 Å². The van der Waals surface area contributed by atoms with E-state index in [0.717, 1.165) is 19.5 Å². The fraction of sp³-hybridized carbons (Fsp3) is 0.867. The smallest absolute Gasteiger partial charge is 0.238 e. The summed E-state index contributed by atoms with van der Waals surface area (Å²) < 4.78 is 0. The highest BCUT2D eigenvalue weighted by molar-refractivity contribution is 5.85. The number of nitrogens with one attached hydrogen (secondary N) is 2. The van der Waals surface area contributed by atoms with Crippen molar-refractivity contribution in [3.63, 3.8) is 0 Å². The van der Waals surface area contributed by atoms with Gasteiger partial charge in [0.15, 0.2) is 0 Å². The van der Waals surface area contributed by atoms with Crippen molar-refractivity contribution in [2.75, 3.05) is 13.1 Å². The third-order valence-electron chi connectivity index (χ3n) is 4.68. The Kier molecular flexibility index (Phi) is 7.44. The Bertz CT molecular complexity index is 370. The summed E-state index contributed by atoms with van der Waals surface area (Å²) in [5.41, 5.74) is 5.33. The lowest BCUT2D eigenvalue weighted by atomic mass is 9.84. The minimum absolute atomic E-state index is 0. The molecule has 1 unspecified atom stereocenters. The molecule has 0 radical (unpaired) electrons. The molecule has 2 fully saturated rings. The van der Waals surface area contributed by atoms with Gasteiger partial charge in [-0.2, -0.15) is 5.26 Å². The van der Waals surface area contributed by atoms with Crippen LogP contribution in [0.5, 0.6) is 0 Å². The summed E-state index contributed by atoms with van der Waals surface area (Å²) in [6, 6.07) is 1.81. The van der Waals surface area contributed by atoms with E-state index in [1.165, 1.54) is 32.1 Å². The standard InChI is InChI=1S/C15H26N4O.ClH/c16-11-15(6-8-18-9-7-15)19-14(20)13(17)10-12-4-2-1-3-5-12;/h12-13,18H,1-10,17H2,(H,19,20);1H. The van der Waals surface area contributed by atoms with E-state index in [9.17, 15) is 10.1 Å². The second kappa shape index (κ2) is 8.57. The molecule has 1 aliphatic heterocycles. The van der Waals surface area contributed by atoms with Gasteiger partial charge >= 0.3 is 0 Å². The molecule has 0 bridgehead atoms. The quantitative estimate of drug-likeness (QED) is 0.733. The van der Waals surface area contributed by atoms with Crippen LogP contribution in [0.4, 0.5) is 0 Å². The molecule has 4 N–H and O–H groups in total. The highest BCUT2D eigenvalue weighted by Gasteiger charge is 2.35. The maximum atomic E-state index is 12.2. The molecule has 1 heterocycles. The molecule has 1 saturated carbocycles. The number of amides is 1. The monoisotopic (exact) mass is 314 g/mol. The van der Waals surface area contributed by atoms with Gasteiger partial charge in [-0.1, -0.05) is 32.1 Å². The van der Waals surface area contributed by atoms with E-state index in [4.69, 9.17) is 5.73 Å². The number of carbonyl (C=O) groups is 1. The van der Waals surface area contributed by atoms with E-state index in [1.807, 2.05) is 0 Å². The van der Waals surface area contributed by atoms with Crippen molar-refractivity contribution in [3.05, 3.63) is 0 Å². The molecule has 2 aliphatic rings. The van der Waals surface area contributed by atoms with E-state index >= 15 is 0 Å². The van der Waals surface area contributed by atoms with E-state index in [2.05, 4.69) is 16.7 Å². The first-order chi connectivity index (χ1) is 9.65. The molecule has 1 saturated heterocycles. The summed E-state index contributed by atoms with van der Waals surface area (Å²) in [5, 5.41) is 15.5. The maximum Gasteiger partial charge on any atom is 0.238 e. The van der Waals surface area contributed by atoms with Crippen LogP contribution in [0.3, 0.4) is 0 Å². The fourth-order valence-electron chi connectivity index (χ4n) is 3.34. The van der Waals surface area contributed by atoms with Crippen LogP contribution in [-0.4, -0.2) is 30.6 Å². The second-order valence-corrected chi connectivity index (χ2v) is 6.28. The molecule has 0 aromatic heterocycles. The van der Waals surface area contributed by atoms with E-state index in [0.29, 0.717) is 18.8 Å². The SMILES string of the molecule is Cl.N#CC1(NC(=O)C(N)CC2CCCCC2)CCNCC1. The lowest BCUT2D eigenvalue weighted by Gasteiger charge is -2.33. The number of halogens is 1. The molecule has 0 aromatic rings. The van der Waals surface area contributed by atoms with E-state index in [1.54, 1.807) is 0 Å². The Hall–Kier alpha value is -0.830. The minimum Gasteiger partial charge on any atom is -0.336 e. The number of rotatable bonds is 4. The minimum atomic E-state index is -0.716. The summed E-state index contributed by atoms with van der Waals surface area (Å²) >= 11 is 0. The Balaban J connectivity index is 0.00000220. The van der Waals surface area contributed by atoms with Crippen molar-refractivity contribution >= 4 is 18.3 Å². The molecular weight excluding hydrogens is 288 g/mol. The summed E-state index contributed by atoms with van der Waals surface area (Å²) in [4.78, 5) is 12.2. The maximum absolute atomic E-state index is 12.2. The molecule has 1 amide bonds. The molecular formula is C15H27ClN4O. The Morgan fingerprint density at radius 3 is 2.52 bits per heavy atom. The first kappa shape index (κ1) is 18.2. The highest BCUT2D eigenvalue weighted by atomic mass is 35.5. The van der Waals surface area contributed by atoms with Crippen molar-refractivity contribution in [1.82, 2.24) is 10.6 Å². The first-order valence-electron chi connectivity index (χ1n) is 7.85. The third kappa shape index (κ3) is 5.14. The largest absolute Gasteiger partial charge is 0.336 e. The van der Waals surface area contributed by atoms with E-state index in [-0.39, 0.29) is 18.3 Å². The lowest BCUT2D eigenvalue weighted by Crippen LogP contribution is -2.57. The highest BCUT2D eigenvalue weighted by Crippen LogP contribution is 2.27. The van der Waals surface area contributed by atoms with Crippen molar-refractivity contribution in [1.29, 1.82) is 5.26 Å². The third-order valence-corrected chi connectivity index (χ3v) is 4.68. The fourth-order valence-corrected chi connectivity index (χ4v) is 3.34. The van der Waals surface area contributed by atoms with Gasteiger partial charge in [-0.3, -0.25) is 4.79 Å². The van der Waals surface area contributed by atoms with Gasteiger partial charge in [0, 0.05) is 0 Å². The van der Waals surface area contributed by atoms with Gasteiger partial charge in [0.2, 0.25) is 5.91 Å². The molecule has 0 spiro atoms. The van der Waals surface area contributed by atoms with Crippen LogP contribution >= 0.6 is 12.4 Å². The second-order valence-electron chi connectivity index (χ2n) is 6.28. The van der Waals surface area contributed by atoms with Crippen molar-refractivity contribution in [2.24, 2.45) is 11.7 Å². The summed E-state index contributed by atoms with van der Waals surface area (Å²) in [7, 11) is 0. The van der Waals surface area contributed by atoms with Crippen LogP contribution in [0, 0.1) is 17.2 Å². The van der Waals surface area contributed by atoms with Gasteiger partial charge in [0.25, 0.3) is 0 Å². The average molecular weight is 315 g/mol. The van der Waals surface area contributed by atoms with Gasteiger partial charge in [-0.25, -0.2) is 0 Å². The zero-order chi connectivity index (χ0) is 14.4. The Morgan fingerprint density at radius 1 is 1.33 bits per heavy atom. The molecule has 1 atom stereocenters. The van der Waals surface area contributed by atoms with Gasteiger partial charge < -0.3 is 16.4 Å².